The van der Waals surface area contributed by atoms with Crippen LogP contribution in [-0.2, 0) is 9.47 Å². The third-order valence-corrected chi connectivity index (χ3v) is 8.06. The minimum atomic E-state index is -0.458. The van der Waals surface area contributed by atoms with Gasteiger partial charge in [0.05, 0.1) is 6.10 Å². The zero-order valence-corrected chi connectivity index (χ0v) is 22.1. The first-order valence-corrected chi connectivity index (χ1v) is 13.9. The van der Waals surface area contributed by atoms with Crippen LogP contribution < -0.4 is 26.8 Å². The van der Waals surface area contributed by atoms with E-state index >= 15 is 0 Å². The zero-order valence-electron chi connectivity index (χ0n) is 22.1. The number of benzene rings is 1. The van der Waals surface area contributed by atoms with Gasteiger partial charge in [-0.15, -0.1) is 0 Å². The topological polar surface area (TPSA) is 93.9 Å². The first kappa shape index (κ1) is 27.7. The summed E-state index contributed by atoms with van der Waals surface area (Å²) in [6.45, 7) is 2.65. The molecule has 0 bridgehead atoms. The highest BCUT2D eigenvalue weighted by Crippen LogP contribution is 2.37. The lowest BCUT2D eigenvalue weighted by Gasteiger charge is -2.39. The molecule has 1 saturated heterocycles. The number of hydrogen-bond acceptors (Lipinski definition) is 7. The molecule has 2 aromatic carbocycles. The maximum Gasteiger partial charge on any atom is 0.253 e. The summed E-state index contributed by atoms with van der Waals surface area (Å²) in [5, 5.41) is 3.35. The average Bonchev–Trinajstić information content (AvgIpc) is 2.93. The summed E-state index contributed by atoms with van der Waals surface area (Å²) in [7, 11) is 1.65. The Hall–Kier alpha value is -2.29. The van der Waals surface area contributed by atoms with Crippen molar-refractivity contribution in [3.63, 3.8) is 0 Å². The maximum absolute atomic E-state index is 14.8. The lowest BCUT2D eigenvalue weighted by molar-refractivity contribution is -0.00433. The standard InChI is InChI=1S/C29H42FN3O4/c1-36-15-8-16-37-29(23-12-5-6-13-24(23)30)21-11-7-14-33(19-21)26-25(27(34)28(26)35)32-22(18-31)17-20-9-3-2-4-10-20/h5-6,12-13,20-22,29,32H,2-4,7-11,14-19,31H2,1H3/t21-,22+,29?/m1/s1. The molecular weight excluding hydrogens is 473 g/mol. The lowest BCUT2D eigenvalue weighted by Crippen LogP contribution is -2.49. The van der Waals surface area contributed by atoms with Gasteiger partial charge < -0.3 is 25.4 Å². The summed E-state index contributed by atoms with van der Waals surface area (Å²) in [5.74, 6) is 0.306. The first-order chi connectivity index (χ1) is 18.0. The van der Waals surface area contributed by atoms with E-state index in [1.807, 2.05) is 11.0 Å². The molecule has 7 nitrogen and oxygen atoms in total. The van der Waals surface area contributed by atoms with Gasteiger partial charge in [-0.05, 0) is 37.7 Å². The predicted molar refractivity (Wildman–Crippen MR) is 146 cm³/mol. The van der Waals surface area contributed by atoms with Crippen molar-refractivity contribution < 1.29 is 13.9 Å². The Morgan fingerprint density at radius 1 is 1.08 bits per heavy atom. The second-order valence-electron chi connectivity index (χ2n) is 10.7. The molecule has 8 heteroatoms. The van der Waals surface area contributed by atoms with E-state index in [1.54, 1.807) is 19.2 Å². The van der Waals surface area contributed by atoms with Gasteiger partial charge in [0, 0.05) is 57.5 Å². The van der Waals surface area contributed by atoms with E-state index in [-0.39, 0.29) is 17.8 Å². The summed E-state index contributed by atoms with van der Waals surface area (Å²) in [5.41, 5.74) is 6.57. The molecule has 2 aromatic rings. The number of anilines is 2. The van der Waals surface area contributed by atoms with Gasteiger partial charge in [-0.2, -0.15) is 0 Å². The molecule has 1 aliphatic heterocycles. The van der Waals surface area contributed by atoms with E-state index in [0.29, 0.717) is 62.1 Å². The van der Waals surface area contributed by atoms with Crippen LogP contribution >= 0.6 is 0 Å². The van der Waals surface area contributed by atoms with Gasteiger partial charge in [-0.3, -0.25) is 9.59 Å². The molecule has 37 heavy (non-hydrogen) atoms. The monoisotopic (exact) mass is 515 g/mol. The number of piperidine rings is 1. The number of rotatable bonds is 13. The molecule has 1 heterocycles. The van der Waals surface area contributed by atoms with Gasteiger partial charge in [0.1, 0.15) is 17.2 Å². The number of ether oxygens (including phenoxy) is 2. The molecule has 4 rings (SSSR count). The van der Waals surface area contributed by atoms with Crippen molar-refractivity contribution in [1.29, 1.82) is 0 Å². The Bertz CT molecular complexity index is 1060. The van der Waals surface area contributed by atoms with E-state index in [1.165, 1.54) is 38.2 Å². The van der Waals surface area contributed by atoms with Crippen LogP contribution in [-0.4, -0.2) is 46.0 Å². The normalized spacial score (nSPS) is 20.7. The highest BCUT2D eigenvalue weighted by atomic mass is 19.1. The highest BCUT2D eigenvalue weighted by molar-refractivity contribution is 5.75. The van der Waals surface area contributed by atoms with Crippen LogP contribution in [0.5, 0.6) is 0 Å². The van der Waals surface area contributed by atoms with Gasteiger partial charge in [-0.25, -0.2) is 4.39 Å². The highest BCUT2D eigenvalue weighted by Gasteiger charge is 2.35. The molecule has 1 unspecified atom stereocenters. The fraction of sp³-hybridized carbons (Fsp3) is 0.655. The van der Waals surface area contributed by atoms with E-state index in [4.69, 9.17) is 15.2 Å². The zero-order chi connectivity index (χ0) is 26.2. The Morgan fingerprint density at radius 3 is 2.59 bits per heavy atom. The largest absolute Gasteiger partial charge is 0.385 e. The number of hydrogen-bond donors (Lipinski definition) is 2. The van der Waals surface area contributed by atoms with Crippen molar-refractivity contribution in [2.45, 2.75) is 69.9 Å². The van der Waals surface area contributed by atoms with Crippen LogP contribution in [0.3, 0.4) is 0 Å². The quantitative estimate of drug-likeness (QED) is 0.306. The molecule has 1 saturated carbocycles. The van der Waals surface area contributed by atoms with Crippen molar-refractivity contribution in [3.05, 3.63) is 56.1 Å². The Kier molecular flexibility index (Phi) is 10.1. The molecule has 3 atom stereocenters. The van der Waals surface area contributed by atoms with Crippen molar-refractivity contribution in [2.75, 3.05) is 50.2 Å². The molecule has 0 radical (unpaired) electrons. The Labute approximate surface area is 219 Å². The molecule has 1 aliphatic carbocycles. The van der Waals surface area contributed by atoms with Crippen LogP contribution in [0.25, 0.3) is 0 Å². The summed E-state index contributed by atoms with van der Waals surface area (Å²) in [4.78, 5) is 27.4. The summed E-state index contributed by atoms with van der Waals surface area (Å²) < 4.78 is 26.2. The third kappa shape index (κ3) is 6.78. The van der Waals surface area contributed by atoms with Gasteiger partial charge in [-0.1, -0.05) is 50.3 Å². The summed E-state index contributed by atoms with van der Waals surface area (Å²) in [6.07, 6.45) is 9.07. The fourth-order valence-corrected chi connectivity index (χ4v) is 6.12. The number of nitrogens with two attached hydrogens (primary N) is 1. The summed E-state index contributed by atoms with van der Waals surface area (Å²) >= 11 is 0. The summed E-state index contributed by atoms with van der Waals surface area (Å²) in [6, 6.07) is 6.70. The number of nitrogens with one attached hydrogen (secondary N) is 1. The average molecular weight is 516 g/mol. The molecule has 0 aromatic heterocycles. The molecule has 3 N–H and O–H groups in total. The van der Waals surface area contributed by atoms with Crippen LogP contribution in [0.2, 0.25) is 0 Å². The van der Waals surface area contributed by atoms with Gasteiger partial charge in [0.2, 0.25) is 0 Å². The van der Waals surface area contributed by atoms with E-state index < -0.39 is 17.0 Å². The number of methoxy groups -OCH3 is 1. The molecule has 2 aliphatic rings. The first-order valence-electron chi connectivity index (χ1n) is 13.9. The van der Waals surface area contributed by atoms with Crippen LogP contribution in [0.15, 0.2) is 33.9 Å². The second kappa shape index (κ2) is 13.5. The Balaban J connectivity index is 1.49. The smallest absolute Gasteiger partial charge is 0.253 e. The van der Waals surface area contributed by atoms with Gasteiger partial charge in [0.25, 0.3) is 10.9 Å². The SMILES string of the molecule is COCCCOC(c1ccccc1F)[C@@H]1CCCN(c2c(N[C@H](CN)CC3CCCCC3)c(=O)c2=O)C1. The van der Waals surface area contributed by atoms with Gasteiger partial charge >= 0.3 is 0 Å². The maximum atomic E-state index is 14.8. The van der Waals surface area contributed by atoms with E-state index in [0.717, 1.165) is 19.3 Å². The minimum Gasteiger partial charge on any atom is -0.385 e. The van der Waals surface area contributed by atoms with Crippen molar-refractivity contribution in [3.8, 4) is 0 Å². The van der Waals surface area contributed by atoms with Crippen molar-refractivity contribution in [2.24, 2.45) is 17.6 Å². The molecule has 2 fully saturated rings. The molecule has 0 spiro atoms. The third-order valence-electron chi connectivity index (χ3n) is 8.06. The molecule has 0 amide bonds. The minimum absolute atomic E-state index is 0.0157. The Morgan fingerprint density at radius 2 is 1.86 bits per heavy atom. The van der Waals surface area contributed by atoms with E-state index in [9.17, 15) is 14.0 Å². The van der Waals surface area contributed by atoms with Crippen LogP contribution in [0.4, 0.5) is 15.8 Å². The molecular formula is C29H42FN3O4. The number of halogens is 1. The molecule has 204 valence electrons. The van der Waals surface area contributed by atoms with Crippen LogP contribution in [0.1, 0.15) is 69.5 Å². The fourth-order valence-electron chi connectivity index (χ4n) is 6.12. The van der Waals surface area contributed by atoms with Gasteiger partial charge in [0.15, 0.2) is 0 Å². The van der Waals surface area contributed by atoms with E-state index in [2.05, 4.69) is 5.32 Å². The van der Waals surface area contributed by atoms with Crippen molar-refractivity contribution in [1.82, 2.24) is 0 Å². The number of nitrogens with zero attached hydrogens (tertiary/aromatic N) is 1. The van der Waals surface area contributed by atoms with Crippen molar-refractivity contribution >= 4 is 11.4 Å². The second-order valence-corrected chi connectivity index (χ2v) is 10.7. The van der Waals surface area contributed by atoms with Crippen LogP contribution in [0, 0.1) is 17.7 Å². The predicted octanol–water partition coefficient (Wildman–Crippen LogP) is 4.14. The lowest BCUT2D eigenvalue weighted by atomic mass is 9.84.